The van der Waals surface area contributed by atoms with E-state index in [2.05, 4.69) is 5.32 Å². The van der Waals surface area contributed by atoms with Crippen molar-refractivity contribution >= 4 is 22.0 Å². The molecule has 0 unspecified atom stereocenters. The van der Waals surface area contributed by atoms with Crippen molar-refractivity contribution in [2.45, 2.75) is 24.3 Å². The van der Waals surface area contributed by atoms with Crippen LogP contribution in [0.25, 0.3) is 0 Å². The summed E-state index contributed by atoms with van der Waals surface area (Å²) in [5, 5.41) is 2.55. The van der Waals surface area contributed by atoms with Crippen molar-refractivity contribution in [3.05, 3.63) is 29.6 Å². The topological polar surface area (TPSA) is 90.0 Å². The molecule has 2 aliphatic heterocycles. The highest BCUT2D eigenvalue weighted by Gasteiger charge is 2.45. The Balaban J connectivity index is 1.68. The molecule has 2 aliphatic rings. The lowest BCUT2D eigenvalue weighted by atomic mass is 10.1. The van der Waals surface area contributed by atoms with Crippen molar-refractivity contribution in [1.82, 2.24) is 19.4 Å². The minimum absolute atomic E-state index is 0.0124. The second-order valence-electron chi connectivity index (χ2n) is 7.13. The fourth-order valence-corrected chi connectivity index (χ4v) is 4.58. The molecule has 0 saturated carbocycles. The molecule has 2 saturated heterocycles. The second kappa shape index (κ2) is 7.01. The number of carbonyl (C=O) groups excluding carboxylic acids is 2. The van der Waals surface area contributed by atoms with Crippen LogP contribution in [0.2, 0.25) is 0 Å². The third-order valence-corrected chi connectivity index (χ3v) is 6.65. The first kappa shape index (κ1) is 20.6. The van der Waals surface area contributed by atoms with E-state index >= 15 is 0 Å². The van der Waals surface area contributed by atoms with E-state index < -0.39 is 49.8 Å². The highest BCUT2D eigenvalue weighted by Crippen LogP contribution is 2.24. The molecule has 12 heteroatoms. The molecule has 0 aromatic heterocycles. The van der Waals surface area contributed by atoms with Crippen LogP contribution >= 0.6 is 0 Å². The number of imide groups is 1. The van der Waals surface area contributed by atoms with Crippen LogP contribution in [0.3, 0.4) is 0 Å². The van der Waals surface area contributed by atoms with Crippen LogP contribution in [0.15, 0.2) is 17.0 Å². The predicted molar refractivity (Wildman–Crippen MR) is 91.0 cm³/mol. The molecule has 3 amide bonds. The number of nitrogens with one attached hydrogen (secondary N) is 1. The molecular weight excluding hydrogens is 401 g/mol. The number of sulfonamides is 1. The van der Waals surface area contributed by atoms with Gasteiger partial charge < -0.3 is 5.32 Å². The summed E-state index contributed by atoms with van der Waals surface area (Å²) in [7, 11) is -4.36. The van der Waals surface area contributed by atoms with Crippen LogP contribution in [0.5, 0.6) is 0 Å². The minimum Gasteiger partial charge on any atom is -0.324 e. The molecule has 0 aliphatic carbocycles. The summed E-state index contributed by atoms with van der Waals surface area (Å²) in [5.74, 6) is -5.47. The summed E-state index contributed by atoms with van der Waals surface area (Å²) in [5.41, 5.74) is -1.01. The monoisotopic (exact) mass is 420 g/mol. The van der Waals surface area contributed by atoms with E-state index in [-0.39, 0.29) is 32.8 Å². The second-order valence-corrected chi connectivity index (χ2v) is 9.03. The molecule has 2 heterocycles. The molecule has 8 nitrogen and oxygen atoms in total. The Morgan fingerprint density at radius 3 is 2.18 bits per heavy atom. The minimum atomic E-state index is -4.36. The number of hydrogen-bond acceptors (Lipinski definition) is 5. The van der Waals surface area contributed by atoms with Crippen molar-refractivity contribution in [1.29, 1.82) is 0 Å². The quantitative estimate of drug-likeness (QED) is 0.572. The number of amides is 3. The van der Waals surface area contributed by atoms with Crippen molar-refractivity contribution in [3.8, 4) is 0 Å². The van der Waals surface area contributed by atoms with Gasteiger partial charge in [0.05, 0.1) is 6.67 Å². The van der Waals surface area contributed by atoms with Gasteiger partial charge in [-0.1, -0.05) is 0 Å². The van der Waals surface area contributed by atoms with E-state index in [1.807, 2.05) is 0 Å². The molecule has 28 heavy (non-hydrogen) atoms. The molecule has 0 bridgehead atoms. The van der Waals surface area contributed by atoms with E-state index in [1.165, 1.54) is 0 Å². The van der Waals surface area contributed by atoms with Crippen molar-refractivity contribution in [2.24, 2.45) is 0 Å². The highest BCUT2D eigenvalue weighted by molar-refractivity contribution is 7.89. The molecule has 0 radical (unpaired) electrons. The van der Waals surface area contributed by atoms with Crippen molar-refractivity contribution < 1.29 is 31.2 Å². The van der Waals surface area contributed by atoms with E-state index in [4.69, 9.17) is 0 Å². The SMILES string of the molecule is CC1(C)NC(=O)N(CN2CCN(S(=O)(=O)c3ccc(F)c(F)c3F)CC2)C1=O. The lowest BCUT2D eigenvalue weighted by molar-refractivity contribution is -0.131. The van der Waals surface area contributed by atoms with Crippen molar-refractivity contribution in [3.63, 3.8) is 0 Å². The van der Waals surface area contributed by atoms with Gasteiger partial charge in [-0.05, 0) is 26.0 Å². The van der Waals surface area contributed by atoms with E-state index in [0.29, 0.717) is 12.1 Å². The van der Waals surface area contributed by atoms with Gasteiger partial charge in [-0.2, -0.15) is 4.31 Å². The number of benzene rings is 1. The van der Waals surface area contributed by atoms with Gasteiger partial charge in [-0.15, -0.1) is 0 Å². The Morgan fingerprint density at radius 1 is 1.04 bits per heavy atom. The van der Waals surface area contributed by atoms with Gasteiger partial charge in [0.15, 0.2) is 17.5 Å². The maximum atomic E-state index is 13.9. The normalized spacial score (nSPS) is 21.2. The first-order valence-corrected chi connectivity index (χ1v) is 9.89. The maximum absolute atomic E-state index is 13.9. The maximum Gasteiger partial charge on any atom is 0.326 e. The van der Waals surface area contributed by atoms with Gasteiger partial charge in [-0.25, -0.2) is 31.3 Å². The number of piperazine rings is 1. The fraction of sp³-hybridized carbons (Fsp3) is 0.500. The molecule has 3 rings (SSSR count). The number of urea groups is 1. The summed E-state index contributed by atoms with van der Waals surface area (Å²) >= 11 is 0. The van der Waals surface area contributed by atoms with E-state index in [1.54, 1.807) is 18.7 Å². The van der Waals surface area contributed by atoms with Crippen LogP contribution in [-0.4, -0.2) is 72.8 Å². The lowest BCUT2D eigenvalue weighted by Crippen LogP contribution is -2.52. The van der Waals surface area contributed by atoms with Gasteiger partial charge >= 0.3 is 6.03 Å². The van der Waals surface area contributed by atoms with Crippen LogP contribution in [0, 0.1) is 17.5 Å². The summed E-state index contributed by atoms with van der Waals surface area (Å²) in [6.45, 7) is 3.36. The predicted octanol–water partition coefficient (Wildman–Crippen LogP) is 0.698. The molecule has 1 aromatic carbocycles. The first-order chi connectivity index (χ1) is 12.9. The van der Waals surface area contributed by atoms with Gasteiger partial charge in [-0.3, -0.25) is 9.69 Å². The van der Waals surface area contributed by atoms with Crippen LogP contribution in [-0.2, 0) is 14.8 Å². The number of halogens is 3. The lowest BCUT2D eigenvalue weighted by Gasteiger charge is -2.35. The zero-order valence-corrected chi connectivity index (χ0v) is 16.0. The Bertz CT molecular complexity index is 930. The zero-order chi connectivity index (χ0) is 20.9. The molecule has 0 spiro atoms. The fourth-order valence-electron chi connectivity index (χ4n) is 3.10. The number of rotatable bonds is 4. The number of hydrogen-bond donors (Lipinski definition) is 1. The molecule has 0 atom stereocenters. The van der Waals surface area contributed by atoms with Gasteiger partial charge in [0, 0.05) is 26.2 Å². The van der Waals surface area contributed by atoms with Gasteiger partial charge in [0.25, 0.3) is 5.91 Å². The Morgan fingerprint density at radius 2 is 1.64 bits per heavy atom. The zero-order valence-electron chi connectivity index (χ0n) is 15.2. The third kappa shape index (κ3) is 3.47. The summed E-state index contributed by atoms with van der Waals surface area (Å²) < 4.78 is 66.4. The largest absolute Gasteiger partial charge is 0.326 e. The summed E-state index contributed by atoms with van der Waals surface area (Å²) in [6.07, 6.45) is 0. The molecule has 1 N–H and O–H groups in total. The molecular formula is C16H19F3N4O4S. The number of nitrogens with zero attached hydrogens (tertiary/aromatic N) is 3. The van der Waals surface area contributed by atoms with E-state index in [0.717, 1.165) is 9.21 Å². The number of carbonyl (C=O) groups is 2. The van der Waals surface area contributed by atoms with Crippen LogP contribution in [0.4, 0.5) is 18.0 Å². The van der Waals surface area contributed by atoms with E-state index in [9.17, 15) is 31.2 Å². The van der Waals surface area contributed by atoms with Crippen LogP contribution in [0.1, 0.15) is 13.8 Å². The first-order valence-electron chi connectivity index (χ1n) is 8.45. The van der Waals surface area contributed by atoms with Crippen LogP contribution < -0.4 is 5.32 Å². The summed E-state index contributed by atoms with van der Waals surface area (Å²) in [6, 6.07) is 0.708. The standard InChI is InChI=1S/C16H19F3N4O4S/c1-16(2)14(24)23(15(25)20-16)9-21-5-7-22(8-6-21)28(26,27)11-4-3-10(17)12(18)13(11)19/h3-4H,5-9H2,1-2H3,(H,20,25). The average molecular weight is 420 g/mol. The highest BCUT2D eigenvalue weighted by atomic mass is 32.2. The molecule has 154 valence electrons. The third-order valence-electron chi connectivity index (χ3n) is 4.73. The smallest absolute Gasteiger partial charge is 0.324 e. The summed E-state index contributed by atoms with van der Waals surface area (Å²) in [4.78, 5) is 26.0. The molecule has 1 aromatic rings. The molecule has 2 fully saturated rings. The van der Waals surface area contributed by atoms with Crippen molar-refractivity contribution in [2.75, 3.05) is 32.8 Å². The van der Waals surface area contributed by atoms with Gasteiger partial charge in [0.1, 0.15) is 10.4 Å². The van der Waals surface area contributed by atoms with Gasteiger partial charge in [0.2, 0.25) is 10.0 Å². The Kier molecular flexibility index (Phi) is 5.15. The Hall–Kier alpha value is -2.18. The Labute approximate surface area is 159 Å². The average Bonchev–Trinajstić information content (AvgIpc) is 2.81.